The molecule has 0 spiro atoms. The highest BCUT2D eigenvalue weighted by atomic mass is 32.2. The van der Waals surface area contributed by atoms with Crippen molar-refractivity contribution in [2.45, 2.75) is 37.8 Å². The van der Waals surface area contributed by atoms with Crippen LogP contribution in [0.5, 0.6) is 0 Å². The molecule has 2 aromatic heterocycles. The lowest BCUT2D eigenvalue weighted by molar-refractivity contribution is 0.539. The molecule has 0 saturated carbocycles. The Hall–Kier alpha value is -1.14. The van der Waals surface area contributed by atoms with E-state index in [9.17, 15) is 0 Å². The highest BCUT2D eigenvalue weighted by molar-refractivity contribution is 7.99. The third kappa shape index (κ3) is 3.20. The summed E-state index contributed by atoms with van der Waals surface area (Å²) in [6.07, 6.45) is 5.53. The van der Waals surface area contributed by atoms with Crippen LogP contribution < -0.4 is 5.32 Å². The molecule has 2 rings (SSSR count). The van der Waals surface area contributed by atoms with Gasteiger partial charge in [0.2, 0.25) is 0 Å². The molecule has 0 bridgehead atoms. The Bertz CT molecular complexity index is 484. The SMILES string of the molecule is CCCNC(CC)CSc1ncnc2nc[nH]c12. The molecule has 0 aliphatic rings. The fourth-order valence-corrected chi connectivity index (χ4v) is 2.83. The van der Waals surface area contributed by atoms with Gasteiger partial charge in [0.25, 0.3) is 0 Å². The molecule has 0 amide bonds. The van der Waals surface area contributed by atoms with Gasteiger partial charge in [-0.3, -0.25) is 0 Å². The number of imidazole rings is 1. The fourth-order valence-electron chi connectivity index (χ4n) is 1.70. The van der Waals surface area contributed by atoms with Crippen LogP contribution in [0.2, 0.25) is 0 Å². The summed E-state index contributed by atoms with van der Waals surface area (Å²) in [4.78, 5) is 15.7. The first-order valence-electron chi connectivity index (χ1n) is 6.35. The van der Waals surface area contributed by atoms with Crippen LogP contribution in [-0.2, 0) is 0 Å². The summed E-state index contributed by atoms with van der Waals surface area (Å²) in [5.41, 5.74) is 1.68. The largest absolute Gasteiger partial charge is 0.341 e. The van der Waals surface area contributed by atoms with E-state index in [1.54, 1.807) is 24.4 Å². The number of H-pyrrole nitrogens is 1. The van der Waals surface area contributed by atoms with Crippen LogP contribution in [0.3, 0.4) is 0 Å². The van der Waals surface area contributed by atoms with E-state index in [-0.39, 0.29) is 0 Å². The summed E-state index contributed by atoms with van der Waals surface area (Å²) in [6.45, 7) is 5.47. The average molecular weight is 265 g/mol. The maximum absolute atomic E-state index is 4.32. The number of thioether (sulfide) groups is 1. The van der Waals surface area contributed by atoms with E-state index in [1.165, 1.54) is 6.42 Å². The van der Waals surface area contributed by atoms with Crippen molar-refractivity contribution in [3.8, 4) is 0 Å². The third-order valence-electron chi connectivity index (χ3n) is 2.79. The minimum absolute atomic E-state index is 0.530. The summed E-state index contributed by atoms with van der Waals surface area (Å²) >= 11 is 1.75. The molecule has 0 saturated heterocycles. The number of hydrogen-bond donors (Lipinski definition) is 2. The van der Waals surface area contributed by atoms with Gasteiger partial charge in [-0.1, -0.05) is 13.8 Å². The quantitative estimate of drug-likeness (QED) is 0.593. The van der Waals surface area contributed by atoms with Crippen molar-refractivity contribution in [2.24, 2.45) is 0 Å². The molecule has 0 aliphatic carbocycles. The van der Waals surface area contributed by atoms with E-state index in [0.717, 1.165) is 34.9 Å². The Labute approximate surface area is 111 Å². The molecule has 0 radical (unpaired) electrons. The van der Waals surface area contributed by atoms with E-state index in [4.69, 9.17) is 0 Å². The lowest BCUT2D eigenvalue weighted by atomic mass is 10.2. The Morgan fingerprint density at radius 2 is 2.22 bits per heavy atom. The number of fused-ring (bicyclic) bond motifs is 1. The van der Waals surface area contributed by atoms with Gasteiger partial charge in [0.15, 0.2) is 5.65 Å². The molecule has 1 unspecified atom stereocenters. The van der Waals surface area contributed by atoms with Crippen molar-refractivity contribution < 1.29 is 0 Å². The predicted octanol–water partition coefficient (Wildman–Crippen LogP) is 2.22. The van der Waals surface area contributed by atoms with Crippen molar-refractivity contribution in [3.63, 3.8) is 0 Å². The Kier molecular flexibility index (Phi) is 4.95. The van der Waals surface area contributed by atoms with Crippen LogP contribution in [0.15, 0.2) is 17.7 Å². The van der Waals surface area contributed by atoms with Crippen molar-refractivity contribution in [1.82, 2.24) is 25.3 Å². The first-order chi connectivity index (χ1) is 8.85. The molecule has 0 aliphatic heterocycles. The van der Waals surface area contributed by atoms with Crippen molar-refractivity contribution in [2.75, 3.05) is 12.3 Å². The van der Waals surface area contributed by atoms with Crippen LogP contribution >= 0.6 is 11.8 Å². The zero-order valence-corrected chi connectivity index (χ0v) is 11.6. The minimum atomic E-state index is 0.530. The van der Waals surface area contributed by atoms with E-state index in [0.29, 0.717) is 6.04 Å². The van der Waals surface area contributed by atoms with Gasteiger partial charge in [-0.05, 0) is 19.4 Å². The molecule has 2 aromatic rings. The van der Waals surface area contributed by atoms with Crippen molar-refractivity contribution >= 4 is 22.9 Å². The second-order valence-corrected chi connectivity index (χ2v) is 5.16. The molecule has 2 heterocycles. The number of nitrogens with zero attached hydrogens (tertiary/aromatic N) is 3. The summed E-state index contributed by atoms with van der Waals surface area (Å²) in [7, 11) is 0. The second kappa shape index (κ2) is 6.70. The van der Waals surface area contributed by atoms with Gasteiger partial charge in [0, 0.05) is 11.8 Å². The van der Waals surface area contributed by atoms with Crippen LogP contribution in [0.25, 0.3) is 11.2 Å². The van der Waals surface area contributed by atoms with Gasteiger partial charge in [-0.15, -0.1) is 11.8 Å². The fraction of sp³-hybridized carbons (Fsp3) is 0.583. The normalized spacial score (nSPS) is 13.0. The lowest BCUT2D eigenvalue weighted by Crippen LogP contribution is -2.31. The smallest absolute Gasteiger partial charge is 0.181 e. The van der Waals surface area contributed by atoms with Crippen LogP contribution in [-0.4, -0.2) is 38.3 Å². The second-order valence-electron chi connectivity index (χ2n) is 4.15. The first kappa shape index (κ1) is 13.3. The number of aromatic nitrogens is 4. The summed E-state index contributed by atoms with van der Waals surface area (Å²) in [6, 6.07) is 0.530. The highest BCUT2D eigenvalue weighted by Gasteiger charge is 2.10. The Morgan fingerprint density at radius 3 is 3.00 bits per heavy atom. The molecule has 0 aromatic carbocycles. The highest BCUT2D eigenvalue weighted by Crippen LogP contribution is 2.22. The van der Waals surface area contributed by atoms with Crippen molar-refractivity contribution in [1.29, 1.82) is 0 Å². The van der Waals surface area contributed by atoms with Gasteiger partial charge in [0.1, 0.15) is 16.9 Å². The predicted molar refractivity (Wildman–Crippen MR) is 74.8 cm³/mol. The minimum Gasteiger partial charge on any atom is -0.341 e. The number of hydrogen-bond acceptors (Lipinski definition) is 5. The number of rotatable bonds is 7. The van der Waals surface area contributed by atoms with Crippen LogP contribution in [0, 0.1) is 0 Å². The van der Waals surface area contributed by atoms with Crippen molar-refractivity contribution in [3.05, 3.63) is 12.7 Å². The van der Waals surface area contributed by atoms with E-state index in [1.807, 2.05) is 0 Å². The zero-order valence-electron chi connectivity index (χ0n) is 10.8. The van der Waals surface area contributed by atoms with E-state index >= 15 is 0 Å². The molecule has 5 nitrogen and oxygen atoms in total. The molecule has 0 fully saturated rings. The maximum Gasteiger partial charge on any atom is 0.181 e. The molecule has 98 valence electrons. The van der Waals surface area contributed by atoms with E-state index < -0.39 is 0 Å². The van der Waals surface area contributed by atoms with Gasteiger partial charge < -0.3 is 10.3 Å². The zero-order chi connectivity index (χ0) is 12.8. The summed E-state index contributed by atoms with van der Waals surface area (Å²) in [5.74, 6) is 1.02. The molecule has 2 N–H and O–H groups in total. The Morgan fingerprint density at radius 1 is 1.33 bits per heavy atom. The standard InChI is InChI=1S/C12H19N5S/c1-3-5-13-9(4-2)6-18-12-10-11(15-7-14-10)16-8-17-12/h7-9,13H,3-6H2,1-2H3,(H,14,15,16,17). The monoisotopic (exact) mass is 265 g/mol. The third-order valence-corrected chi connectivity index (χ3v) is 3.94. The lowest BCUT2D eigenvalue weighted by Gasteiger charge is -2.15. The van der Waals surface area contributed by atoms with Gasteiger partial charge in [0.05, 0.1) is 6.33 Å². The summed E-state index contributed by atoms with van der Waals surface area (Å²) in [5, 5.41) is 4.52. The molecule has 6 heteroatoms. The summed E-state index contributed by atoms with van der Waals surface area (Å²) < 4.78 is 0. The molecule has 1 atom stereocenters. The molecule has 18 heavy (non-hydrogen) atoms. The van der Waals surface area contributed by atoms with Gasteiger partial charge >= 0.3 is 0 Å². The van der Waals surface area contributed by atoms with Crippen LogP contribution in [0.1, 0.15) is 26.7 Å². The first-order valence-corrected chi connectivity index (χ1v) is 7.34. The average Bonchev–Trinajstić information content (AvgIpc) is 2.88. The molecular formula is C12H19N5S. The van der Waals surface area contributed by atoms with E-state index in [2.05, 4.69) is 39.1 Å². The Balaban J connectivity index is 1.98. The van der Waals surface area contributed by atoms with Crippen LogP contribution in [0.4, 0.5) is 0 Å². The van der Waals surface area contributed by atoms with Gasteiger partial charge in [-0.2, -0.15) is 0 Å². The molecular weight excluding hydrogens is 246 g/mol. The topological polar surface area (TPSA) is 66.5 Å². The van der Waals surface area contributed by atoms with Gasteiger partial charge in [-0.25, -0.2) is 15.0 Å². The maximum atomic E-state index is 4.32. The number of nitrogens with one attached hydrogen (secondary N) is 2. The number of aromatic amines is 1.